The summed E-state index contributed by atoms with van der Waals surface area (Å²) in [5, 5.41) is 3.93. The van der Waals surface area contributed by atoms with Crippen LogP contribution < -0.4 is 5.32 Å². The van der Waals surface area contributed by atoms with Gasteiger partial charge in [-0.25, -0.2) is 4.98 Å². The van der Waals surface area contributed by atoms with Crippen molar-refractivity contribution in [2.45, 2.75) is 38.3 Å². The number of ether oxygens (including phenoxy) is 1. The van der Waals surface area contributed by atoms with Crippen molar-refractivity contribution in [3.63, 3.8) is 0 Å². The van der Waals surface area contributed by atoms with Crippen molar-refractivity contribution in [1.82, 2.24) is 10.3 Å². The van der Waals surface area contributed by atoms with Crippen LogP contribution in [-0.4, -0.2) is 23.5 Å². The minimum atomic E-state index is -0.0157. The summed E-state index contributed by atoms with van der Waals surface area (Å²) in [7, 11) is 0. The van der Waals surface area contributed by atoms with Crippen molar-refractivity contribution in [2.75, 3.05) is 6.61 Å². The zero-order valence-electron chi connectivity index (χ0n) is 11.3. The summed E-state index contributed by atoms with van der Waals surface area (Å²) in [5.74, 6) is -0.0157. The van der Waals surface area contributed by atoms with Gasteiger partial charge in [-0.2, -0.15) is 0 Å². The zero-order chi connectivity index (χ0) is 13.8. The summed E-state index contributed by atoms with van der Waals surface area (Å²) in [6.45, 7) is 0.518. The third kappa shape index (κ3) is 3.35. The Hall–Kier alpha value is -1.46. The van der Waals surface area contributed by atoms with Crippen LogP contribution in [0.5, 0.6) is 0 Å². The molecule has 0 saturated heterocycles. The van der Waals surface area contributed by atoms with E-state index in [0.717, 1.165) is 28.1 Å². The van der Waals surface area contributed by atoms with E-state index < -0.39 is 0 Å². The van der Waals surface area contributed by atoms with Crippen molar-refractivity contribution >= 4 is 27.5 Å². The van der Waals surface area contributed by atoms with Gasteiger partial charge in [0, 0.05) is 6.04 Å². The van der Waals surface area contributed by atoms with Crippen LogP contribution in [0.1, 0.15) is 30.7 Å². The molecule has 3 rings (SSSR count). The second-order valence-electron chi connectivity index (χ2n) is 5.12. The molecule has 0 radical (unpaired) electrons. The van der Waals surface area contributed by atoms with E-state index in [0.29, 0.717) is 12.6 Å². The predicted molar refractivity (Wildman–Crippen MR) is 79.7 cm³/mol. The molecule has 106 valence electrons. The van der Waals surface area contributed by atoms with Crippen molar-refractivity contribution in [2.24, 2.45) is 0 Å². The van der Waals surface area contributed by atoms with E-state index in [-0.39, 0.29) is 12.5 Å². The van der Waals surface area contributed by atoms with Crippen LogP contribution in [0.15, 0.2) is 24.3 Å². The summed E-state index contributed by atoms with van der Waals surface area (Å²) in [6, 6.07) is 8.36. The van der Waals surface area contributed by atoms with Crippen LogP contribution in [0.2, 0.25) is 0 Å². The molecule has 1 aliphatic carbocycles. The van der Waals surface area contributed by atoms with Crippen LogP contribution in [0, 0.1) is 0 Å². The first-order valence-corrected chi connectivity index (χ1v) is 7.84. The number of para-hydroxylation sites is 1. The van der Waals surface area contributed by atoms with E-state index in [1.54, 1.807) is 11.3 Å². The number of carbonyl (C=O) groups excluding carboxylic acids is 1. The van der Waals surface area contributed by atoms with Gasteiger partial charge < -0.3 is 10.1 Å². The highest BCUT2D eigenvalue weighted by atomic mass is 32.1. The van der Waals surface area contributed by atoms with E-state index in [1.807, 2.05) is 24.3 Å². The number of amides is 1. The maximum absolute atomic E-state index is 11.7. The summed E-state index contributed by atoms with van der Waals surface area (Å²) in [6.07, 6.45) is 4.64. The number of rotatable bonds is 5. The third-order valence-corrected chi connectivity index (χ3v) is 4.53. The normalized spacial score (nSPS) is 15.8. The van der Waals surface area contributed by atoms with Gasteiger partial charge in [0.2, 0.25) is 5.91 Å². The number of nitrogens with one attached hydrogen (secondary N) is 1. The monoisotopic (exact) mass is 290 g/mol. The topological polar surface area (TPSA) is 51.2 Å². The quantitative estimate of drug-likeness (QED) is 0.921. The second kappa shape index (κ2) is 6.33. The first kappa shape index (κ1) is 13.5. The first-order chi connectivity index (χ1) is 9.81. The number of aromatic nitrogens is 1. The van der Waals surface area contributed by atoms with Gasteiger partial charge in [-0.1, -0.05) is 25.0 Å². The largest absolute Gasteiger partial charge is 0.364 e. The van der Waals surface area contributed by atoms with Crippen LogP contribution in [-0.2, 0) is 16.1 Å². The molecular formula is C15H18N2O2S. The van der Waals surface area contributed by atoms with E-state index >= 15 is 0 Å². The van der Waals surface area contributed by atoms with Crippen molar-refractivity contribution in [1.29, 1.82) is 0 Å². The zero-order valence-corrected chi connectivity index (χ0v) is 12.1. The fourth-order valence-corrected chi connectivity index (χ4v) is 3.46. The summed E-state index contributed by atoms with van der Waals surface area (Å²) in [4.78, 5) is 16.2. The lowest BCUT2D eigenvalue weighted by Crippen LogP contribution is -2.35. The maximum Gasteiger partial charge on any atom is 0.246 e. The van der Waals surface area contributed by atoms with Gasteiger partial charge in [-0.05, 0) is 25.0 Å². The molecule has 5 heteroatoms. The fraction of sp³-hybridized carbons (Fsp3) is 0.467. The summed E-state index contributed by atoms with van der Waals surface area (Å²) in [5.41, 5.74) is 0.992. The van der Waals surface area contributed by atoms with E-state index in [4.69, 9.17) is 4.74 Å². The molecule has 1 fully saturated rings. The minimum Gasteiger partial charge on any atom is -0.364 e. The van der Waals surface area contributed by atoms with E-state index in [2.05, 4.69) is 10.3 Å². The molecule has 1 aliphatic rings. The van der Waals surface area contributed by atoms with Gasteiger partial charge in [-0.3, -0.25) is 4.79 Å². The highest BCUT2D eigenvalue weighted by Gasteiger charge is 2.16. The molecule has 1 aromatic carbocycles. The average molecular weight is 290 g/mol. The number of thiazole rings is 1. The van der Waals surface area contributed by atoms with Gasteiger partial charge >= 0.3 is 0 Å². The number of fused-ring (bicyclic) bond motifs is 1. The Kier molecular flexibility index (Phi) is 4.28. The number of nitrogens with zero attached hydrogens (tertiary/aromatic N) is 1. The van der Waals surface area contributed by atoms with Gasteiger partial charge in [0.05, 0.1) is 16.8 Å². The third-order valence-electron chi connectivity index (χ3n) is 3.52. The number of hydrogen-bond acceptors (Lipinski definition) is 4. The first-order valence-electron chi connectivity index (χ1n) is 7.03. The van der Waals surface area contributed by atoms with Crippen LogP contribution >= 0.6 is 11.3 Å². The van der Waals surface area contributed by atoms with Crippen LogP contribution in [0.25, 0.3) is 10.2 Å². The minimum absolute atomic E-state index is 0.0157. The van der Waals surface area contributed by atoms with Gasteiger partial charge in [0.1, 0.15) is 11.6 Å². The van der Waals surface area contributed by atoms with E-state index in [9.17, 15) is 4.79 Å². The Morgan fingerprint density at radius 3 is 2.95 bits per heavy atom. The molecule has 2 aromatic rings. The van der Waals surface area contributed by atoms with Crippen LogP contribution in [0.4, 0.5) is 0 Å². The standard InChI is InChI=1S/C15H18N2O2S/c18-14(16-11-5-1-2-6-11)9-19-10-15-17-12-7-3-4-8-13(12)20-15/h3-4,7-8,11H,1-2,5-6,9-10H2,(H,16,18). The molecule has 0 spiro atoms. The Bertz CT molecular complexity index is 557. The molecule has 1 amide bonds. The number of carbonyl (C=O) groups is 1. The maximum atomic E-state index is 11.7. The predicted octanol–water partition coefficient (Wildman–Crippen LogP) is 2.87. The lowest BCUT2D eigenvalue weighted by atomic mass is 10.2. The highest BCUT2D eigenvalue weighted by molar-refractivity contribution is 7.18. The Balaban J connectivity index is 1.45. The molecule has 1 heterocycles. The number of benzene rings is 1. The van der Waals surface area contributed by atoms with Gasteiger partial charge in [-0.15, -0.1) is 11.3 Å². The molecule has 0 aliphatic heterocycles. The van der Waals surface area contributed by atoms with Gasteiger partial charge in [0.25, 0.3) is 0 Å². The lowest BCUT2D eigenvalue weighted by molar-refractivity contribution is -0.126. The smallest absolute Gasteiger partial charge is 0.246 e. The van der Waals surface area contributed by atoms with Crippen molar-refractivity contribution < 1.29 is 9.53 Å². The molecular weight excluding hydrogens is 272 g/mol. The summed E-state index contributed by atoms with van der Waals surface area (Å²) >= 11 is 1.61. The molecule has 4 nitrogen and oxygen atoms in total. The summed E-state index contributed by atoms with van der Waals surface area (Å²) < 4.78 is 6.61. The molecule has 0 unspecified atom stereocenters. The van der Waals surface area contributed by atoms with E-state index in [1.165, 1.54) is 12.8 Å². The average Bonchev–Trinajstić information content (AvgIpc) is 3.07. The Labute approximate surface area is 122 Å². The lowest BCUT2D eigenvalue weighted by Gasteiger charge is -2.11. The molecule has 0 bridgehead atoms. The van der Waals surface area contributed by atoms with Crippen molar-refractivity contribution in [3.8, 4) is 0 Å². The van der Waals surface area contributed by atoms with Crippen LogP contribution in [0.3, 0.4) is 0 Å². The Morgan fingerprint density at radius 2 is 2.15 bits per heavy atom. The number of hydrogen-bond donors (Lipinski definition) is 1. The Morgan fingerprint density at radius 1 is 1.35 bits per heavy atom. The SMILES string of the molecule is O=C(COCc1nc2ccccc2s1)NC1CCCC1. The fourth-order valence-electron chi connectivity index (χ4n) is 2.55. The highest BCUT2D eigenvalue weighted by Crippen LogP contribution is 2.22. The second-order valence-corrected chi connectivity index (χ2v) is 6.23. The molecule has 1 saturated carbocycles. The van der Waals surface area contributed by atoms with Crippen molar-refractivity contribution in [3.05, 3.63) is 29.3 Å². The molecule has 20 heavy (non-hydrogen) atoms. The molecule has 1 aromatic heterocycles. The molecule has 0 atom stereocenters. The van der Waals surface area contributed by atoms with Gasteiger partial charge in [0.15, 0.2) is 0 Å². The molecule has 1 N–H and O–H groups in total.